The molecule has 0 unspecified atom stereocenters. The Bertz CT molecular complexity index is 335. The van der Waals surface area contributed by atoms with Crippen LogP contribution in [0.25, 0.3) is 0 Å². The predicted molar refractivity (Wildman–Crippen MR) is 60.1 cm³/mol. The number of imide groups is 1. The van der Waals surface area contributed by atoms with Gasteiger partial charge >= 0.3 is 12.0 Å². The number of carbonyl (C=O) groups is 3. The van der Waals surface area contributed by atoms with Crippen molar-refractivity contribution < 1.29 is 19.5 Å². The Morgan fingerprint density at radius 1 is 1.41 bits per heavy atom. The molecule has 0 aromatic rings. The molecule has 0 radical (unpaired) electrons. The Balaban J connectivity index is 4.03. The number of amides is 3. The zero-order valence-corrected chi connectivity index (χ0v) is 9.52. The van der Waals surface area contributed by atoms with E-state index in [0.29, 0.717) is 0 Å². The van der Waals surface area contributed by atoms with Crippen molar-refractivity contribution >= 4 is 17.9 Å². The lowest BCUT2D eigenvalue weighted by atomic mass is 10.3. The molecular weight excluding hydrogens is 226 g/mol. The molecule has 0 aliphatic rings. The van der Waals surface area contributed by atoms with E-state index in [4.69, 9.17) is 11.5 Å². The zero-order valence-electron chi connectivity index (χ0n) is 9.52. The topological polar surface area (TPSA) is 98.7 Å². The first-order valence-corrected chi connectivity index (χ1v) is 4.88. The summed E-state index contributed by atoms with van der Waals surface area (Å²) in [6.45, 7) is 0.0797. The van der Waals surface area contributed by atoms with E-state index in [1.165, 1.54) is 11.9 Å². The van der Waals surface area contributed by atoms with Crippen LogP contribution in [0.15, 0.2) is 0 Å². The van der Waals surface area contributed by atoms with Gasteiger partial charge in [0, 0.05) is 20.0 Å². The number of aliphatic carboxylic acids is 1. The largest absolute Gasteiger partial charge is 0.480 e. The maximum absolute atomic E-state index is 11.2. The molecule has 0 fully saturated rings. The SMILES string of the molecule is C#CCN(CCC(=O)NC(=O)NC)CC(=O)O. The van der Waals surface area contributed by atoms with E-state index in [2.05, 4.69) is 16.6 Å². The lowest BCUT2D eigenvalue weighted by molar-refractivity contribution is -0.138. The maximum Gasteiger partial charge on any atom is 0.321 e. The van der Waals surface area contributed by atoms with Crippen molar-refractivity contribution in [2.24, 2.45) is 0 Å². The molecule has 0 atom stereocenters. The second kappa shape index (κ2) is 8.13. The van der Waals surface area contributed by atoms with E-state index in [-0.39, 0.29) is 26.1 Å². The molecule has 0 saturated heterocycles. The molecular formula is C10H15N3O4. The standard InChI is InChI=1S/C10H15N3O4/c1-3-5-13(7-9(15)16)6-4-8(14)12-10(17)11-2/h1H,4-7H2,2H3,(H,15,16)(H2,11,12,14,17). The molecule has 7 nitrogen and oxygen atoms in total. The van der Waals surface area contributed by atoms with E-state index in [1.807, 2.05) is 0 Å². The van der Waals surface area contributed by atoms with Crippen LogP contribution in [0.4, 0.5) is 4.79 Å². The van der Waals surface area contributed by atoms with Crippen LogP contribution in [0.2, 0.25) is 0 Å². The summed E-state index contributed by atoms with van der Waals surface area (Å²) in [6, 6.07) is -0.600. The summed E-state index contributed by atoms with van der Waals surface area (Å²) in [5.41, 5.74) is 0. The summed E-state index contributed by atoms with van der Waals surface area (Å²) >= 11 is 0. The molecule has 0 aromatic heterocycles. The predicted octanol–water partition coefficient (Wildman–Crippen LogP) is -1.15. The van der Waals surface area contributed by atoms with Crippen LogP contribution in [0.5, 0.6) is 0 Å². The second-order valence-corrected chi connectivity index (χ2v) is 3.19. The molecule has 0 bridgehead atoms. The molecule has 3 N–H and O–H groups in total. The van der Waals surface area contributed by atoms with Gasteiger partial charge in [0.05, 0.1) is 13.1 Å². The smallest absolute Gasteiger partial charge is 0.321 e. The van der Waals surface area contributed by atoms with E-state index in [9.17, 15) is 14.4 Å². The number of hydrogen-bond donors (Lipinski definition) is 3. The number of urea groups is 1. The van der Waals surface area contributed by atoms with Crippen LogP contribution in [-0.2, 0) is 9.59 Å². The molecule has 94 valence electrons. The van der Waals surface area contributed by atoms with Gasteiger partial charge in [0.25, 0.3) is 0 Å². The first-order chi connectivity index (χ1) is 7.99. The van der Waals surface area contributed by atoms with Crippen molar-refractivity contribution in [1.29, 1.82) is 0 Å². The van der Waals surface area contributed by atoms with Gasteiger partial charge in [0.1, 0.15) is 0 Å². The van der Waals surface area contributed by atoms with Crippen molar-refractivity contribution in [2.45, 2.75) is 6.42 Å². The first kappa shape index (κ1) is 14.9. The third-order valence-electron chi connectivity index (χ3n) is 1.81. The molecule has 0 rings (SSSR count). The third-order valence-corrected chi connectivity index (χ3v) is 1.81. The third kappa shape index (κ3) is 7.81. The van der Waals surface area contributed by atoms with Gasteiger partial charge in [0.15, 0.2) is 0 Å². The van der Waals surface area contributed by atoms with Gasteiger partial charge in [-0.3, -0.25) is 19.8 Å². The number of nitrogens with zero attached hydrogens (tertiary/aromatic N) is 1. The fourth-order valence-corrected chi connectivity index (χ4v) is 1.05. The van der Waals surface area contributed by atoms with Crippen molar-refractivity contribution in [1.82, 2.24) is 15.5 Å². The van der Waals surface area contributed by atoms with Crippen LogP contribution in [0.1, 0.15) is 6.42 Å². The van der Waals surface area contributed by atoms with Gasteiger partial charge in [-0.05, 0) is 0 Å². The highest BCUT2D eigenvalue weighted by Gasteiger charge is 2.11. The molecule has 0 saturated carbocycles. The Morgan fingerprint density at radius 2 is 2.06 bits per heavy atom. The highest BCUT2D eigenvalue weighted by Crippen LogP contribution is 1.91. The molecule has 0 aliphatic heterocycles. The number of nitrogens with one attached hydrogen (secondary N) is 2. The van der Waals surface area contributed by atoms with E-state index < -0.39 is 17.9 Å². The number of hydrogen-bond acceptors (Lipinski definition) is 4. The number of carboxylic acids is 1. The summed E-state index contributed by atoms with van der Waals surface area (Å²) in [7, 11) is 1.39. The highest BCUT2D eigenvalue weighted by atomic mass is 16.4. The minimum atomic E-state index is -1.02. The maximum atomic E-state index is 11.2. The minimum Gasteiger partial charge on any atom is -0.480 e. The summed E-state index contributed by atoms with van der Waals surface area (Å²) < 4.78 is 0. The molecule has 0 aromatic carbocycles. The van der Waals surface area contributed by atoms with Crippen LogP contribution in [0, 0.1) is 12.3 Å². The summed E-state index contributed by atoms with van der Waals surface area (Å²) in [5, 5.41) is 12.9. The molecule has 17 heavy (non-hydrogen) atoms. The van der Waals surface area contributed by atoms with Gasteiger partial charge in [-0.25, -0.2) is 4.79 Å². The fraction of sp³-hybridized carbons (Fsp3) is 0.500. The van der Waals surface area contributed by atoms with Gasteiger partial charge in [-0.15, -0.1) is 6.42 Å². The van der Waals surface area contributed by atoms with Crippen LogP contribution in [0.3, 0.4) is 0 Å². The lowest BCUT2D eigenvalue weighted by Crippen LogP contribution is -2.40. The fourth-order valence-electron chi connectivity index (χ4n) is 1.05. The average molecular weight is 241 g/mol. The van der Waals surface area contributed by atoms with Gasteiger partial charge in [0.2, 0.25) is 5.91 Å². The molecule has 0 spiro atoms. The van der Waals surface area contributed by atoms with Crippen LogP contribution < -0.4 is 10.6 Å². The van der Waals surface area contributed by atoms with Gasteiger partial charge in [-0.2, -0.15) is 0 Å². The van der Waals surface area contributed by atoms with Crippen molar-refractivity contribution in [3.8, 4) is 12.3 Å². The zero-order chi connectivity index (χ0) is 13.3. The number of rotatable bonds is 6. The normalized spacial score (nSPS) is 9.47. The second-order valence-electron chi connectivity index (χ2n) is 3.19. The summed E-state index contributed by atoms with van der Waals surface area (Å²) in [4.78, 5) is 33.9. The van der Waals surface area contributed by atoms with E-state index in [0.717, 1.165) is 0 Å². The molecule has 7 heteroatoms. The monoisotopic (exact) mass is 241 g/mol. The van der Waals surface area contributed by atoms with Crippen molar-refractivity contribution in [3.05, 3.63) is 0 Å². The Morgan fingerprint density at radius 3 is 2.53 bits per heavy atom. The Labute approximate surface area is 99.2 Å². The average Bonchev–Trinajstić information content (AvgIpc) is 2.25. The van der Waals surface area contributed by atoms with Crippen LogP contribution >= 0.6 is 0 Å². The molecule has 0 heterocycles. The lowest BCUT2D eigenvalue weighted by Gasteiger charge is -2.16. The van der Waals surface area contributed by atoms with Crippen LogP contribution in [-0.4, -0.2) is 54.6 Å². The quantitative estimate of drug-likeness (QED) is 0.510. The number of carbonyl (C=O) groups excluding carboxylic acids is 2. The summed E-state index contributed by atoms with van der Waals surface area (Å²) in [6.07, 6.45) is 5.07. The summed E-state index contributed by atoms with van der Waals surface area (Å²) in [5.74, 6) is 0.790. The first-order valence-electron chi connectivity index (χ1n) is 4.88. The Hall–Kier alpha value is -2.07. The van der Waals surface area contributed by atoms with Crippen molar-refractivity contribution in [2.75, 3.05) is 26.7 Å². The van der Waals surface area contributed by atoms with Gasteiger partial charge in [-0.1, -0.05) is 5.92 Å². The van der Waals surface area contributed by atoms with Crippen molar-refractivity contribution in [3.63, 3.8) is 0 Å². The number of carboxylic acid groups (broad SMARTS) is 1. The Kier molecular flexibility index (Phi) is 7.14. The molecule has 3 amide bonds. The minimum absolute atomic E-state index is 0.00236. The van der Waals surface area contributed by atoms with Gasteiger partial charge < -0.3 is 10.4 Å². The van der Waals surface area contributed by atoms with E-state index in [1.54, 1.807) is 0 Å². The number of terminal acetylenes is 1. The van der Waals surface area contributed by atoms with E-state index >= 15 is 0 Å². The highest BCUT2D eigenvalue weighted by molar-refractivity contribution is 5.94. The molecule has 0 aliphatic carbocycles.